The van der Waals surface area contributed by atoms with Crippen molar-refractivity contribution in [3.05, 3.63) is 0 Å². The lowest BCUT2D eigenvalue weighted by Crippen LogP contribution is -2.57. The summed E-state index contributed by atoms with van der Waals surface area (Å²) in [6.45, 7) is 5.90. The molecular weight excluding hydrogens is 220 g/mol. The fourth-order valence-corrected chi connectivity index (χ4v) is 5.20. The second-order valence-corrected chi connectivity index (χ2v) is 7.08. The molecule has 0 aromatic carbocycles. The molecule has 0 radical (unpaired) electrons. The van der Waals surface area contributed by atoms with Crippen LogP contribution in [0.4, 0.5) is 0 Å². The first-order chi connectivity index (χ1) is 8.78. The Bertz CT molecular complexity index is 291. The van der Waals surface area contributed by atoms with Gasteiger partial charge in [0.2, 0.25) is 0 Å². The molecule has 3 aliphatic rings. The van der Waals surface area contributed by atoms with E-state index in [4.69, 9.17) is 5.73 Å². The lowest BCUT2D eigenvalue weighted by atomic mass is 9.79. The first-order valence-electron chi connectivity index (χ1n) is 8.23. The molecule has 104 valence electrons. The first-order valence-corrected chi connectivity index (χ1v) is 8.23. The fraction of sp³-hybridized carbons (Fsp3) is 1.00. The Kier molecular flexibility index (Phi) is 3.68. The summed E-state index contributed by atoms with van der Waals surface area (Å²) >= 11 is 0. The van der Waals surface area contributed by atoms with Gasteiger partial charge in [0.1, 0.15) is 0 Å². The Morgan fingerprint density at radius 3 is 2.67 bits per heavy atom. The summed E-state index contributed by atoms with van der Waals surface area (Å²) in [5, 5.41) is 0. The van der Waals surface area contributed by atoms with Gasteiger partial charge in [0, 0.05) is 12.1 Å². The van der Waals surface area contributed by atoms with Gasteiger partial charge in [-0.3, -0.25) is 4.90 Å². The molecule has 2 saturated carbocycles. The minimum atomic E-state index is 0.408. The van der Waals surface area contributed by atoms with E-state index >= 15 is 0 Å². The number of hydrogen-bond acceptors (Lipinski definition) is 2. The molecule has 0 spiro atoms. The Labute approximate surface area is 112 Å². The van der Waals surface area contributed by atoms with E-state index in [1.165, 1.54) is 64.5 Å². The summed E-state index contributed by atoms with van der Waals surface area (Å²) in [6.07, 6.45) is 11.5. The van der Waals surface area contributed by atoms with Gasteiger partial charge in [0.25, 0.3) is 0 Å². The molecule has 18 heavy (non-hydrogen) atoms. The largest absolute Gasteiger partial charge is 0.329 e. The lowest BCUT2D eigenvalue weighted by molar-refractivity contribution is 0.0436. The van der Waals surface area contributed by atoms with Gasteiger partial charge in [-0.25, -0.2) is 0 Å². The van der Waals surface area contributed by atoms with Gasteiger partial charge in [-0.1, -0.05) is 19.8 Å². The molecule has 3 rings (SSSR count). The molecule has 0 amide bonds. The van der Waals surface area contributed by atoms with Crippen LogP contribution in [0.1, 0.15) is 58.3 Å². The molecule has 3 fully saturated rings. The van der Waals surface area contributed by atoms with E-state index in [0.717, 1.165) is 24.3 Å². The Hall–Kier alpha value is -0.0800. The molecule has 0 aromatic heterocycles. The molecule has 2 aliphatic carbocycles. The van der Waals surface area contributed by atoms with Gasteiger partial charge >= 0.3 is 0 Å². The molecule has 0 aromatic rings. The predicted molar refractivity (Wildman–Crippen MR) is 76.4 cm³/mol. The van der Waals surface area contributed by atoms with Crippen molar-refractivity contribution in [3.8, 4) is 0 Å². The highest BCUT2D eigenvalue weighted by atomic mass is 15.2. The van der Waals surface area contributed by atoms with Crippen LogP contribution in [0.15, 0.2) is 0 Å². The molecule has 4 unspecified atom stereocenters. The number of likely N-dealkylation sites (tertiary alicyclic amines) is 1. The highest BCUT2D eigenvalue weighted by molar-refractivity contribution is 5.08. The van der Waals surface area contributed by atoms with Gasteiger partial charge in [-0.15, -0.1) is 0 Å². The van der Waals surface area contributed by atoms with E-state index in [1.54, 1.807) is 0 Å². The topological polar surface area (TPSA) is 29.3 Å². The van der Waals surface area contributed by atoms with Crippen molar-refractivity contribution in [2.75, 3.05) is 19.6 Å². The van der Waals surface area contributed by atoms with Crippen LogP contribution < -0.4 is 5.73 Å². The molecule has 1 aliphatic heterocycles. The third-order valence-electron chi connectivity index (χ3n) is 6.35. The summed E-state index contributed by atoms with van der Waals surface area (Å²) in [4.78, 5) is 2.83. The number of rotatable bonds is 3. The summed E-state index contributed by atoms with van der Waals surface area (Å²) < 4.78 is 0. The maximum atomic E-state index is 6.26. The van der Waals surface area contributed by atoms with E-state index in [1.807, 2.05) is 0 Å². The molecule has 4 atom stereocenters. The zero-order valence-electron chi connectivity index (χ0n) is 12.0. The van der Waals surface area contributed by atoms with Crippen molar-refractivity contribution in [2.24, 2.45) is 23.5 Å². The van der Waals surface area contributed by atoms with Crippen molar-refractivity contribution in [1.82, 2.24) is 4.90 Å². The second-order valence-electron chi connectivity index (χ2n) is 7.08. The first kappa shape index (κ1) is 12.9. The maximum Gasteiger partial charge on any atom is 0.0362 e. The van der Waals surface area contributed by atoms with E-state index in [2.05, 4.69) is 11.8 Å². The van der Waals surface area contributed by atoms with Gasteiger partial charge in [-0.2, -0.15) is 0 Å². The van der Waals surface area contributed by atoms with Crippen LogP contribution in [-0.4, -0.2) is 30.1 Å². The van der Waals surface area contributed by atoms with Crippen LogP contribution in [0.5, 0.6) is 0 Å². The van der Waals surface area contributed by atoms with Crippen LogP contribution in [0.25, 0.3) is 0 Å². The summed E-state index contributed by atoms with van der Waals surface area (Å²) in [5.41, 5.74) is 6.67. The third kappa shape index (κ3) is 2.02. The monoisotopic (exact) mass is 250 g/mol. The average molecular weight is 250 g/mol. The van der Waals surface area contributed by atoms with Crippen molar-refractivity contribution in [1.29, 1.82) is 0 Å². The fourth-order valence-electron chi connectivity index (χ4n) is 5.20. The van der Waals surface area contributed by atoms with Gasteiger partial charge < -0.3 is 5.73 Å². The highest BCUT2D eigenvalue weighted by Crippen LogP contribution is 2.53. The molecule has 2 N–H and O–H groups in total. The summed E-state index contributed by atoms with van der Waals surface area (Å²) in [7, 11) is 0. The Balaban J connectivity index is 1.72. The number of fused-ring (bicyclic) bond motifs is 2. The Morgan fingerprint density at radius 2 is 2.06 bits per heavy atom. The molecular formula is C16H30N2. The summed E-state index contributed by atoms with van der Waals surface area (Å²) in [5.74, 6) is 2.90. The van der Waals surface area contributed by atoms with E-state index in [9.17, 15) is 0 Å². The normalized spacial score (nSPS) is 45.3. The van der Waals surface area contributed by atoms with E-state index < -0.39 is 0 Å². The number of nitrogens with two attached hydrogens (primary N) is 1. The molecule has 1 saturated heterocycles. The maximum absolute atomic E-state index is 6.26. The smallest absolute Gasteiger partial charge is 0.0362 e. The quantitative estimate of drug-likeness (QED) is 0.834. The van der Waals surface area contributed by atoms with Crippen LogP contribution in [0.3, 0.4) is 0 Å². The average Bonchev–Trinajstić information content (AvgIpc) is 2.92. The van der Waals surface area contributed by atoms with Crippen molar-refractivity contribution in [3.63, 3.8) is 0 Å². The molecule has 2 bridgehead atoms. The summed E-state index contributed by atoms with van der Waals surface area (Å²) in [6, 6.07) is 0. The van der Waals surface area contributed by atoms with E-state index in [0.29, 0.717) is 5.54 Å². The van der Waals surface area contributed by atoms with Crippen molar-refractivity contribution in [2.45, 2.75) is 63.8 Å². The predicted octanol–water partition coefficient (Wildman–Crippen LogP) is 3.02. The van der Waals surface area contributed by atoms with Crippen LogP contribution in [0, 0.1) is 17.8 Å². The minimum Gasteiger partial charge on any atom is -0.329 e. The molecule has 2 nitrogen and oxygen atoms in total. The van der Waals surface area contributed by atoms with Gasteiger partial charge in [-0.05, 0) is 69.4 Å². The van der Waals surface area contributed by atoms with Crippen LogP contribution in [0.2, 0.25) is 0 Å². The molecule has 1 heterocycles. The zero-order chi connectivity index (χ0) is 12.6. The second kappa shape index (κ2) is 5.13. The van der Waals surface area contributed by atoms with E-state index in [-0.39, 0.29) is 0 Å². The SMILES string of the molecule is CCC1CCCN(C2(CN)CC3CCC2C3)CC1. The standard InChI is InChI=1S/C16H30N2/c1-2-13-4-3-8-18(9-7-13)16(12-17)11-14-5-6-15(16)10-14/h13-15H,2-12,17H2,1H3. The molecule has 2 heteroatoms. The number of nitrogens with zero attached hydrogens (tertiary/aromatic N) is 1. The third-order valence-corrected chi connectivity index (χ3v) is 6.35. The van der Waals surface area contributed by atoms with Crippen LogP contribution in [-0.2, 0) is 0 Å². The van der Waals surface area contributed by atoms with Crippen molar-refractivity contribution < 1.29 is 0 Å². The minimum absolute atomic E-state index is 0.408. The highest BCUT2D eigenvalue weighted by Gasteiger charge is 2.53. The van der Waals surface area contributed by atoms with Crippen molar-refractivity contribution >= 4 is 0 Å². The van der Waals surface area contributed by atoms with Gasteiger partial charge in [0.05, 0.1) is 0 Å². The number of hydrogen-bond donors (Lipinski definition) is 1. The zero-order valence-corrected chi connectivity index (χ0v) is 12.0. The lowest BCUT2D eigenvalue weighted by Gasteiger charge is -2.46. The Morgan fingerprint density at radius 1 is 1.17 bits per heavy atom. The van der Waals surface area contributed by atoms with Crippen LogP contribution >= 0.6 is 0 Å². The van der Waals surface area contributed by atoms with Gasteiger partial charge in [0.15, 0.2) is 0 Å².